The Morgan fingerprint density at radius 3 is 2.75 bits per heavy atom. The van der Waals surface area contributed by atoms with Crippen molar-refractivity contribution in [1.82, 2.24) is 5.32 Å². The number of allylic oxidation sites excluding steroid dienone is 1. The van der Waals surface area contributed by atoms with Crippen LogP contribution >= 0.6 is 0 Å². The standard InChI is InChI=1S/C17H27NO2/c1-4-6-7-8-9-13-20-17-15(14-18-3)11-10-12-16(17)19-5-2/h4,10-12,18H,1,5-9,13-14H2,2-3H3. The first kappa shape index (κ1) is 16.6. The van der Waals surface area contributed by atoms with Crippen LogP contribution in [-0.4, -0.2) is 20.3 Å². The van der Waals surface area contributed by atoms with E-state index in [2.05, 4.69) is 18.0 Å². The summed E-state index contributed by atoms with van der Waals surface area (Å²) in [6.45, 7) is 7.90. The average Bonchev–Trinajstić information content (AvgIpc) is 2.45. The van der Waals surface area contributed by atoms with E-state index in [1.54, 1.807) is 0 Å². The quantitative estimate of drug-likeness (QED) is 0.491. The molecule has 0 fully saturated rings. The van der Waals surface area contributed by atoms with E-state index >= 15 is 0 Å². The second-order valence-corrected chi connectivity index (χ2v) is 4.69. The van der Waals surface area contributed by atoms with Crippen molar-refractivity contribution in [2.45, 2.75) is 39.2 Å². The molecule has 3 nitrogen and oxygen atoms in total. The molecule has 0 aliphatic rings. The van der Waals surface area contributed by atoms with E-state index in [0.717, 1.165) is 43.1 Å². The van der Waals surface area contributed by atoms with Crippen LogP contribution in [0.3, 0.4) is 0 Å². The molecule has 20 heavy (non-hydrogen) atoms. The molecule has 0 spiro atoms. The zero-order valence-electron chi connectivity index (χ0n) is 12.8. The van der Waals surface area contributed by atoms with Crippen LogP contribution in [0.2, 0.25) is 0 Å². The second-order valence-electron chi connectivity index (χ2n) is 4.69. The summed E-state index contributed by atoms with van der Waals surface area (Å²) in [6.07, 6.45) is 6.47. The molecule has 112 valence electrons. The lowest BCUT2D eigenvalue weighted by atomic mass is 10.1. The van der Waals surface area contributed by atoms with E-state index in [1.165, 1.54) is 12.8 Å². The van der Waals surface area contributed by atoms with Gasteiger partial charge in [-0.2, -0.15) is 0 Å². The predicted octanol–water partition coefficient (Wildman–Crippen LogP) is 3.93. The number of unbranched alkanes of at least 4 members (excludes halogenated alkanes) is 3. The molecule has 0 saturated carbocycles. The maximum Gasteiger partial charge on any atom is 0.165 e. The maximum atomic E-state index is 5.96. The Kier molecular flexibility index (Phi) is 8.56. The molecule has 0 radical (unpaired) electrons. The van der Waals surface area contributed by atoms with Gasteiger partial charge in [-0.25, -0.2) is 0 Å². The van der Waals surface area contributed by atoms with Crippen LogP contribution < -0.4 is 14.8 Å². The normalized spacial score (nSPS) is 10.3. The van der Waals surface area contributed by atoms with Gasteiger partial charge in [-0.1, -0.05) is 18.2 Å². The third kappa shape index (κ3) is 5.66. The van der Waals surface area contributed by atoms with Crippen LogP contribution in [0.4, 0.5) is 0 Å². The van der Waals surface area contributed by atoms with Crippen molar-refractivity contribution in [3.05, 3.63) is 36.4 Å². The Bertz CT molecular complexity index is 366. The highest BCUT2D eigenvalue weighted by Crippen LogP contribution is 2.31. The van der Waals surface area contributed by atoms with Gasteiger partial charge in [0, 0.05) is 12.1 Å². The number of rotatable bonds is 11. The van der Waals surface area contributed by atoms with Crippen molar-refractivity contribution >= 4 is 0 Å². The molecule has 0 heterocycles. The Labute approximate surface area is 123 Å². The van der Waals surface area contributed by atoms with Crippen molar-refractivity contribution in [3.8, 4) is 11.5 Å². The van der Waals surface area contributed by atoms with Crippen LogP contribution in [0.15, 0.2) is 30.9 Å². The molecule has 0 unspecified atom stereocenters. The topological polar surface area (TPSA) is 30.5 Å². The van der Waals surface area contributed by atoms with Gasteiger partial charge >= 0.3 is 0 Å². The predicted molar refractivity (Wildman–Crippen MR) is 84.5 cm³/mol. The van der Waals surface area contributed by atoms with Gasteiger partial charge in [-0.3, -0.25) is 0 Å². The van der Waals surface area contributed by atoms with Crippen molar-refractivity contribution in [3.63, 3.8) is 0 Å². The van der Waals surface area contributed by atoms with Crippen LogP contribution in [0.25, 0.3) is 0 Å². The van der Waals surface area contributed by atoms with E-state index < -0.39 is 0 Å². The fourth-order valence-electron chi connectivity index (χ4n) is 2.07. The van der Waals surface area contributed by atoms with Gasteiger partial charge in [0.15, 0.2) is 11.5 Å². The van der Waals surface area contributed by atoms with Crippen molar-refractivity contribution in [2.24, 2.45) is 0 Å². The monoisotopic (exact) mass is 277 g/mol. The van der Waals surface area contributed by atoms with Gasteiger partial charge in [-0.05, 0) is 45.7 Å². The minimum absolute atomic E-state index is 0.651. The third-order valence-electron chi connectivity index (χ3n) is 3.03. The molecule has 0 amide bonds. The van der Waals surface area contributed by atoms with E-state index in [-0.39, 0.29) is 0 Å². The Morgan fingerprint density at radius 1 is 1.20 bits per heavy atom. The highest BCUT2D eigenvalue weighted by atomic mass is 16.5. The fourth-order valence-corrected chi connectivity index (χ4v) is 2.07. The van der Waals surface area contributed by atoms with E-state index in [1.807, 2.05) is 32.2 Å². The number of benzene rings is 1. The number of ether oxygens (including phenoxy) is 2. The first-order valence-corrected chi connectivity index (χ1v) is 7.46. The molecule has 1 N–H and O–H groups in total. The number of nitrogens with one attached hydrogen (secondary N) is 1. The zero-order valence-corrected chi connectivity index (χ0v) is 12.8. The summed E-state index contributed by atoms with van der Waals surface area (Å²) in [5.41, 5.74) is 1.14. The van der Waals surface area contributed by atoms with E-state index in [4.69, 9.17) is 9.47 Å². The summed E-state index contributed by atoms with van der Waals surface area (Å²) in [6, 6.07) is 6.05. The molecule has 1 aromatic rings. The van der Waals surface area contributed by atoms with E-state index in [0.29, 0.717) is 6.61 Å². The van der Waals surface area contributed by atoms with Crippen molar-refractivity contribution < 1.29 is 9.47 Å². The number of hydrogen-bond acceptors (Lipinski definition) is 3. The summed E-state index contributed by atoms with van der Waals surface area (Å²) in [5.74, 6) is 1.72. The summed E-state index contributed by atoms with van der Waals surface area (Å²) in [4.78, 5) is 0. The average molecular weight is 277 g/mol. The second kappa shape index (κ2) is 10.3. The molecular weight excluding hydrogens is 250 g/mol. The smallest absolute Gasteiger partial charge is 0.165 e. The first-order valence-electron chi connectivity index (χ1n) is 7.46. The van der Waals surface area contributed by atoms with Crippen LogP contribution in [0, 0.1) is 0 Å². The lowest BCUT2D eigenvalue weighted by Gasteiger charge is -2.15. The molecule has 3 heteroatoms. The number of para-hydroxylation sites is 1. The Balaban J connectivity index is 2.57. The molecule has 0 saturated heterocycles. The molecule has 0 aromatic heterocycles. The van der Waals surface area contributed by atoms with Gasteiger partial charge in [0.1, 0.15) is 0 Å². The fraction of sp³-hybridized carbons (Fsp3) is 0.529. The van der Waals surface area contributed by atoms with Gasteiger partial charge in [-0.15, -0.1) is 6.58 Å². The molecule has 0 bridgehead atoms. The number of hydrogen-bond donors (Lipinski definition) is 1. The molecular formula is C17H27NO2. The van der Waals surface area contributed by atoms with Crippen LogP contribution in [0.5, 0.6) is 11.5 Å². The molecule has 1 rings (SSSR count). The van der Waals surface area contributed by atoms with Crippen LogP contribution in [-0.2, 0) is 6.54 Å². The van der Waals surface area contributed by atoms with Crippen molar-refractivity contribution in [1.29, 1.82) is 0 Å². The van der Waals surface area contributed by atoms with Gasteiger partial charge in [0.05, 0.1) is 13.2 Å². The first-order chi connectivity index (χ1) is 9.83. The maximum absolute atomic E-state index is 5.96. The van der Waals surface area contributed by atoms with Crippen molar-refractivity contribution in [2.75, 3.05) is 20.3 Å². The summed E-state index contributed by atoms with van der Waals surface area (Å²) in [5, 5.41) is 3.17. The third-order valence-corrected chi connectivity index (χ3v) is 3.03. The lowest BCUT2D eigenvalue weighted by molar-refractivity contribution is 0.268. The summed E-state index contributed by atoms with van der Waals surface area (Å²) < 4.78 is 11.6. The highest BCUT2D eigenvalue weighted by molar-refractivity contribution is 5.46. The molecule has 0 aliphatic carbocycles. The van der Waals surface area contributed by atoms with E-state index in [9.17, 15) is 0 Å². The molecule has 0 aliphatic heterocycles. The Morgan fingerprint density at radius 2 is 2.05 bits per heavy atom. The lowest BCUT2D eigenvalue weighted by Crippen LogP contribution is -2.09. The minimum Gasteiger partial charge on any atom is -0.490 e. The molecule has 0 atom stereocenters. The largest absolute Gasteiger partial charge is 0.490 e. The summed E-state index contributed by atoms with van der Waals surface area (Å²) in [7, 11) is 1.94. The Hall–Kier alpha value is -1.48. The van der Waals surface area contributed by atoms with Gasteiger partial charge in [0.2, 0.25) is 0 Å². The molecule has 1 aromatic carbocycles. The van der Waals surface area contributed by atoms with Gasteiger partial charge < -0.3 is 14.8 Å². The highest BCUT2D eigenvalue weighted by Gasteiger charge is 2.10. The zero-order chi connectivity index (χ0) is 14.6. The van der Waals surface area contributed by atoms with Crippen LogP contribution in [0.1, 0.15) is 38.2 Å². The minimum atomic E-state index is 0.651. The SMILES string of the molecule is C=CCCCCCOc1c(CNC)cccc1OCC. The summed E-state index contributed by atoms with van der Waals surface area (Å²) >= 11 is 0. The van der Waals surface area contributed by atoms with Gasteiger partial charge in [0.25, 0.3) is 0 Å².